The molecule has 2 heterocycles. The highest BCUT2D eigenvalue weighted by Crippen LogP contribution is 2.19. The van der Waals surface area contributed by atoms with Crippen molar-refractivity contribution in [3.8, 4) is 6.01 Å². The first-order valence-corrected chi connectivity index (χ1v) is 7.04. The average molecular weight is 287 g/mol. The zero-order chi connectivity index (χ0) is 13.5. The molecular formula is C12H19ClN4O2. The van der Waals surface area contributed by atoms with Crippen LogP contribution in [0.5, 0.6) is 6.01 Å². The predicted molar refractivity (Wildman–Crippen MR) is 72.9 cm³/mol. The summed E-state index contributed by atoms with van der Waals surface area (Å²) in [4.78, 5) is 14.5. The number of halogens is 1. The second kappa shape index (κ2) is 7.45. The summed E-state index contributed by atoms with van der Waals surface area (Å²) in [6.07, 6.45) is 3.31. The third-order valence-electron chi connectivity index (χ3n) is 2.77. The van der Waals surface area contributed by atoms with Crippen molar-refractivity contribution in [3.63, 3.8) is 0 Å². The van der Waals surface area contributed by atoms with E-state index in [1.807, 2.05) is 0 Å². The highest BCUT2D eigenvalue weighted by atomic mass is 35.5. The van der Waals surface area contributed by atoms with Gasteiger partial charge in [-0.25, -0.2) is 0 Å². The largest absolute Gasteiger partial charge is 0.461 e. The maximum atomic E-state index is 5.89. The second-order valence-corrected chi connectivity index (χ2v) is 4.68. The van der Waals surface area contributed by atoms with Crippen LogP contribution in [0.25, 0.3) is 0 Å². The summed E-state index contributed by atoms with van der Waals surface area (Å²) in [5, 5.41) is 0.168. The third kappa shape index (κ3) is 4.47. The molecule has 1 fully saturated rings. The fourth-order valence-corrected chi connectivity index (χ4v) is 2.03. The van der Waals surface area contributed by atoms with Crippen molar-refractivity contribution in [1.29, 1.82) is 0 Å². The van der Waals surface area contributed by atoms with Gasteiger partial charge in [0.25, 0.3) is 0 Å². The van der Waals surface area contributed by atoms with Crippen molar-refractivity contribution in [2.75, 3.05) is 37.8 Å². The maximum absolute atomic E-state index is 5.89. The minimum Gasteiger partial charge on any atom is -0.461 e. The fraction of sp³-hybridized carbons (Fsp3) is 0.750. The van der Waals surface area contributed by atoms with Gasteiger partial charge in [-0.2, -0.15) is 15.0 Å². The van der Waals surface area contributed by atoms with Crippen LogP contribution in [0.3, 0.4) is 0 Å². The van der Waals surface area contributed by atoms with Crippen molar-refractivity contribution in [1.82, 2.24) is 15.0 Å². The maximum Gasteiger partial charge on any atom is 0.322 e. The first kappa shape index (κ1) is 14.3. The number of anilines is 1. The fourth-order valence-electron chi connectivity index (χ4n) is 1.88. The summed E-state index contributed by atoms with van der Waals surface area (Å²) in [6, 6.07) is 0.266. The van der Waals surface area contributed by atoms with Crippen molar-refractivity contribution >= 4 is 17.5 Å². The molecule has 1 aliphatic rings. The van der Waals surface area contributed by atoms with Crippen LogP contribution in [0.4, 0.5) is 5.95 Å². The summed E-state index contributed by atoms with van der Waals surface area (Å²) >= 11 is 5.89. The summed E-state index contributed by atoms with van der Waals surface area (Å²) in [5.41, 5.74) is 0. The molecule has 1 aliphatic heterocycles. The number of hydrogen-bond acceptors (Lipinski definition) is 6. The summed E-state index contributed by atoms with van der Waals surface area (Å²) in [5.74, 6) is 0.599. The number of aromatic nitrogens is 3. The predicted octanol–water partition coefficient (Wildman–Crippen LogP) is 1.93. The van der Waals surface area contributed by atoms with Gasteiger partial charge in [0.2, 0.25) is 11.2 Å². The number of ether oxygens (including phenoxy) is 2. The van der Waals surface area contributed by atoms with Crippen LogP contribution in [-0.4, -0.2) is 47.9 Å². The lowest BCUT2D eigenvalue weighted by atomic mass is 10.4. The molecule has 0 atom stereocenters. The van der Waals surface area contributed by atoms with E-state index < -0.39 is 0 Å². The van der Waals surface area contributed by atoms with Gasteiger partial charge in [-0.05, 0) is 30.9 Å². The highest BCUT2D eigenvalue weighted by molar-refractivity contribution is 6.28. The van der Waals surface area contributed by atoms with Crippen LogP contribution in [-0.2, 0) is 4.74 Å². The Morgan fingerprint density at radius 3 is 2.63 bits per heavy atom. The second-order valence-electron chi connectivity index (χ2n) is 4.34. The summed E-state index contributed by atoms with van der Waals surface area (Å²) < 4.78 is 10.8. The lowest BCUT2D eigenvalue weighted by molar-refractivity contribution is 0.0971. The molecular weight excluding hydrogens is 268 g/mol. The summed E-state index contributed by atoms with van der Waals surface area (Å²) in [6.45, 7) is 5.66. The first-order chi connectivity index (χ1) is 9.29. The number of rotatable bonds is 7. The van der Waals surface area contributed by atoms with E-state index in [9.17, 15) is 0 Å². The van der Waals surface area contributed by atoms with E-state index in [-0.39, 0.29) is 11.3 Å². The van der Waals surface area contributed by atoms with Gasteiger partial charge in [-0.1, -0.05) is 6.92 Å². The minimum absolute atomic E-state index is 0.168. The van der Waals surface area contributed by atoms with E-state index in [4.69, 9.17) is 21.1 Å². The van der Waals surface area contributed by atoms with Crippen molar-refractivity contribution in [2.45, 2.75) is 26.2 Å². The lowest BCUT2D eigenvalue weighted by Gasteiger charge is -2.15. The van der Waals surface area contributed by atoms with Crippen LogP contribution in [0.15, 0.2) is 0 Å². The van der Waals surface area contributed by atoms with Gasteiger partial charge in [0, 0.05) is 19.7 Å². The molecule has 0 unspecified atom stereocenters. The van der Waals surface area contributed by atoms with E-state index in [1.54, 1.807) is 0 Å². The number of nitrogens with zero attached hydrogens (tertiary/aromatic N) is 4. The Morgan fingerprint density at radius 1 is 1.11 bits per heavy atom. The van der Waals surface area contributed by atoms with Crippen LogP contribution in [0, 0.1) is 0 Å². The molecule has 7 heteroatoms. The molecule has 6 nitrogen and oxygen atoms in total. The molecule has 1 aromatic heterocycles. The molecule has 2 rings (SSSR count). The topological polar surface area (TPSA) is 60.4 Å². The van der Waals surface area contributed by atoms with Gasteiger partial charge < -0.3 is 14.4 Å². The molecule has 0 N–H and O–H groups in total. The normalized spacial score (nSPS) is 14.9. The van der Waals surface area contributed by atoms with E-state index in [0.717, 1.165) is 39.0 Å². The van der Waals surface area contributed by atoms with Crippen LogP contribution < -0.4 is 9.64 Å². The van der Waals surface area contributed by atoms with Crippen molar-refractivity contribution in [3.05, 3.63) is 5.28 Å². The Morgan fingerprint density at radius 2 is 1.89 bits per heavy atom. The van der Waals surface area contributed by atoms with Crippen LogP contribution >= 0.6 is 11.6 Å². The Labute approximate surface area is 118 Å². The SMILES string of the molecule is CCCOCCOc1nc(Cl)nc(N2CCCC2)n1. The molecule has 0 aliphatic carbocycles. The smallest absolute Gasteiger partial charge is 0.322 e. The van der Waals surface area contributed by atoms with Gasteiger partial charge in [-0.15, -0.1) is 0 Å². The van der Waals surface area contributed by atoms with Crippen LogP contribution in [0.1, 0.15) is 26.2 Å². The molecule has 0 amide bonds. The van der Waals surface area contributed by atoms with Gasteiger partial charge >= 0.3 is 6.01 Å². The third-order valence-corrected chi connectivity index (χ3v) is 2.94. The van der Waals surface area contributed by atoms with Gasteiger partial charge in [0.1, 0.15) is 6.61 Å². The zero-order valence-electron chi connectivity index (χ0n) is 11.1. The molecule has 0 bridgehead atoms. The van der Waals surface area contributed by atoms with E-state index in [1.165, 1.54) is 0 Å². The molecule has 106 valence electrons. The Balaban J connectivity index is 1.89. The standard InChI is InChI=1S/C12H19ClN4O2/c1-2-7-18-8-9-19-12-15-10(13)14-11(16-12)17-5-3-4-6-17/h2-9H2,1H3. The quantitative estimate of drug-likeness (QED) is 0.714. The monoisotopic (exact) mass is 286 g/mol. The first-order valence-electron chi connectivity index (χ1n) is 6.66. The van der Waals surface area contributed by atoms with E-state index in [2.05, 4.69) is 26.8 Å². The zero-order valence-corrected chi connectivity index (χ0v) is 11.9. The Kier molecular flexibility index (Phi) is 5.60. The molecule has 0 spiro atoms. The highest BCUT2D eigenvalue weighted by Gasteiger charge is 2.17. The molecule has 0 radical (unpaired) electrons. The summed E-state index contributed by atoms with van der Waals surface area (Å²) in [7, 11) is 0. The van der Waals surface area contributed by atoms with E-state index >= 15 is 0 Å². The van der Waals surface area contributed by atoms with E-state index in [0.29, 0.717) is 19.2 Å². The molecule has 0 saturated carbocycles. The van der Waals surface area contributed by atoms with Gasteiger partial charge in [0.15, 0.2) is 0 Å². The molecule has 1 saturated heterocycles. The van der Waals surface area contributed by atoms with Gasteiger partial charge in [0.05, 0.1) is 6.61 Å². The Hall–Kier alpha value is -1.14. The lowest BCUT2D eigenvalue weighted by Crippen LogP contribution is -2.21. The molecule has 19 heavy (non-hydrogen) atoms. The molecule has 1 aromatic rings. The Bertz CT molecular complexity index is 399. The van der Waals surface area contributed by atoms with Gasteiger partial charge in [-0.3, -0.25) is 0 Å². The molecule has 0 aromatic carbocycles. The number of hydrogen-bond donors (Lipinski definition) is 0. The average Bonchev–Trinajstić information content (AvgIpc) is 2.92. The van der Waals surface area contributed by atoms with Crippen molar-refractivity contribution < 1.29 is 9.47 Å². The van der Waals surface area contributed by atoms with Crippen LogP contribution in [0.2, 0.25) is 5.28 Å². The minimum atomic E-state index is 0.168. The van der Waals surface area contributed by atoms with Crippen molar-refractivity contribution in [2.24, 2.45) is 0 Å².